The average molecular weight is 266 g/mol. The molecule has 0 fully saturated rings. The number of anilines is 1. The van der Waals surface area contributed by atoms with E-state index in [1.54, 1.807) is 7.11 Å². The summed E-state index contributed by atoms with van der Waals surface area (Å²) < 4.78 is 5.20. The first-order valence-electron chi connectivity index (χ1n) is 6.19. The average Bonchev–Trinajstić information content (AvgIpc) is 2.97. The van der Waals surface area contributed by atoms with Gasteiger partial charge in [0.25, 0.3) is 0 Å². The number of hydrogen-bond acceptors (Lipinski definition) is 4. The molecule has 1 heterocycles. The molecule has 0 spiro atoms. The summed E-state index contributed by atoms with van der Waals surface area (Å²) in [5.74, 6) is 2.04. The minimum Gasteiger partial charge on any atom is -0.497 e. The first kappa shape index (κ1) is 12.2. The van der Waals surface area contributed by atoms with E-state index < -0.39 is 0 Å². The SMILES string of the molecule is COc1cccc(-c2nc(-c3ccccc3N)n[nH]2)c1. The zero-order valence-corrected chi connectivity index (χ0v) is 11.0. The number of benzene rings is 2. The van der Waals surface area contributed by atoms with Crippen molar-refractivity contribution in [1.82, 2.24) is 15.2 Å². The van der Waals surface area contributed by atoms with E-state index in [9.17, 15) is 0 Å². The summed E-state index contributed by atoms with van der Waals surface area (Å²) in [6.45, 7) is 0. The van der Waals surface area contributed by atoms with Crippen molar-refractivity contribution >= 4 is 5.69 Å². The second-order valence-corrected chi connectivity index (χ2v) is 4.33. The largest absolute Gasteiger partial charge is 0.497 e. The Bertz CT molecular complexity index is 736. The number of rotatable bonds is 3. The van der Waals surface area contributed by atoms with Crippen molar-refractivity contribution in [1.29, 1.82) is 0 Å². The fourth-order valence-electron chi connectivity index (χ4n) is 1.98. The number of H-pyrrole nitrogens is 1. The molecule has 5 heteroatoms. The van der Waals surface area contributed by atoms with Gasteiger partial charge in [0.05, 0.1) is 7.11 Å². The van der Waals surface area contributed by atoms with Gasteiger partial charge in [-0.3, -0.25) is 5.10 Å². The quantitative estimate of drug-likeness (QED) is 0.715. The third-order valence-corrected chi connectivity index (χ3v) is 3.03. The molecule has 0 saturated carbocycles. The number of ether oxygens (including phenoxy) is 1. The molecule has 3 N–H and O–H groups in total. The highest BCUT2D eigenvalue weighted by Gasteiger charge is 2.10. The minimum absolute atomic E-state index is 0.584. The van der Waals surface area contributed by atoms with Gasteiger partial charge in [0, 0.05) is 16.8 Å². The van der Waals surface area contributed by atoms with Gasteiger partial charge in [-0.1, -0.05) is 24.3 Å². The van der Waals surface area contributed by atoms with E-state index in [-0.39, 0.29) is 0 Å². The lowest BCUT2D eigenvalue weighted by Crippen LogP contribution is -1.90. The fourth-order valence-corrected chi connectivity index (χ4v) is 1.98. The summed E-state index contributed by atoms with van der Waals surface area (Å²) in [6.07, 6.45) is 0. The number of nitrogen functional groups attached to an aromatic ring is 1. The molecule has 2 aromatic carbocycles. The van der Waals surface area contributed by atoms with Crippen LogP contribution in [0.15, 0.2) is 48.5 Å². The third-order valence-electron chi connectivity index (χ3n) is 3.03. The molecule has 100 valence electrons. The van der Waals surface area contributed by atoms with Crippen LogP contribution in [0.1, 0.15) is 0 Å². The topological polar surface area (TPSA) is 76.8 Å². The van der Waals surface area contributed by atoms with Crippen LogP contribution in [-0.4, -0.2) is 22.3 Å². The molecule has 0 radical (unpaired) electrons. The molecule has 0 aliphatic heterocycles. The second kappa shape index (κ2) is 5.05. The highest BCUT2D eigenvalue weighted by molar-refractivity contribution is 5.72. The number of nitrogens with one attached hydrogen (secondary N) is 1. The van der Waals surface area contributed by atoms with Crippen LogP contribution in [-0.2, 0) is 0 Å². The van der Waals surface area contributed by atoms with Gasteiger partial charge in [0.2, 0.25) is 0 Å². The van der Waals surface area contributed by atoms with Crippen LogP contribution in [0.4, 0.5) is 5.69 Å². The lowest BCUT2D eigenvalue weighted by molar-refractivity contribution is 0.415. The van der Waals surface area contributed by atoms with E-state index in [1.807, 2.05) is 48.5 Å². The molecule has 0 aliphatic carbocycles. The molecule has 0 amide bonds. The predicted molar refractivity (Wildman–Crippen MR) is 78.2 cm³/mol. The van der Waals surface area contributed by atoms with Gasteiger partial charge in [-0.05, 0) is 24.3 Å². The van der Waals surface area contributed by atoms with Crippen molar-refractivity contribution < 1.29 is 4.74 Å². The molecule has 5 nitrogen and oxygen atoms in total. The van der Waals surface area contributed by atoms with Gasteiger partial charge in [-0.2, -0.15) is 5.10 Å². The molecular formula is C15H14N4O. The summed E-state index contributed by atoms with van der Waals surface area (Å²) in [7, 11) is 1.63. The van der Waals surface area contributed by atoms with Crippen molar-refractivity contribution in [3.63, 3.8) is 0 Å². The summed E-state index contributed by atoms with van der Waals surface area (Å²) >= 11 is 0. The monoisotopic (exact) mass is 266 g/mol. The molecule has 3 rings (SSSR count). The van der Waals surface area contributed by atoms with Crippen LogP contribution in [0.2, 0.25) is 0 Å². The molecule has 0 unspecified atom stereocenters. The molecule has 0 bridgehead atoms. The van der Waals surface area contributed by atoms with Crippen molar-refractivity contribution in [2.75, 3.05) is 12.8 Å². The summed E-state index contributed by atoms with van der Waals surface area (Å²) in [6, 6.07) is 15.2. The van der Waals surface area contributed by atoms with Crippen LogP contribution in [0, 0.1) is 0 Å². The van der Waals surface area contributed by atoms with Crippen LogP contribution in [0.3, 0.4) is 0 Å². The van der Waals surface area contributed by atoms with Crippen LogP contribution in [0.25, 0.3) is 22.8 Å². The Balaban J connectivity index is 2.00. The van der Waals surface area contributed by atoms with Gasteiger partial charge < -0.3 is 10.5 Å². The predicted octanol–water partition coefficient (Wildman–Crippen LogP) is 2.73. The van der Waals surface area contributed by atoms with Gasteiger partial charge in [-0.15, -0.1) is 0 Å². The molecule has 1 aromatic heterocycles. The van der Waals surface area contributed by atoms with Gasteiger partial charge in [0.1, 0.15) is 5.75 Å². The van der Waals surface area contributed by atoms with Gasteiger partial charge in [0.15, 0.2) is 11.6 Å². The normalized spacial score (nSPS) is 10.4. The van der Waals surface area contributed by atoms with Gasteiger partial charge in [-0.25, -0.2) is 4.98 Å². The minimum atomic E-state index is 0.584. The maximum Gasteiger partial charge on any atom is 0.183 e. The molecule has 0 aliphatic rings. The lowest BCUT2D eigenvalue weighted by atomic mass is 10.1. The zero-order chi connectivity index (χ0) is 13.9. The smallest absolute Gasteiger partial charge is 0.183 e. The zero-order valence-electron chi connectivity index (χ0n) is 11.0. The first-order valence-corrected chi connectivity index (χ1v) is 6.19. The standard InChI is InChI=1S/C15H14N4O/c1-20-11-6-4-5-10(9-11)14-17-15(19-18-14)12-7-2-3-8-13(12)16/h2-9H,16H2,1H3,(H,17,18,19). The highest BCUT2D eigenvalue weighted by atomic mass is 16.5. The molecule has 0 atom stereocenters. The Morgan fingerprint density at radius 3 is 2.75 bits per heavy atom. The van der Waals surface area contributed by atoms with Crippen molar-refractivity contribution in [3.05, 3.63) is 48.5 Å². The number of aromatic amines is 1. The summed E-state index contributed by atoms with van der Waals surface area (Å²) in [5.41, 5.74) is 8.32. The number of nitrogens with two attached hydrogens (primary N) is 1. The number of hydrogen-bond donors (Lipinski definition) is 2. The van der Waals surface area contributed by atoms with Crippen LogP contribution < -0.4 is 10.5 Å². The van der Waals surface area contributed by atoms with Gasteiger partial charge >= 0.3 is 0 Å². The number of methoxy groups -OCH3 is 1. The van der Waals surface area contributed by atoms with Crippen LogP contribution in [0.5, 0.6) is 5.75 Å². The lowest BCUT2D eigenvalue weighted by Gasteiger charge is -2.01. The summed E-state index contributed by atoms with van der Waals surface area (Å²) in [4.78, 5) is 4.48. The fraction of sp³-hybridized carbons (Fsp3) is 0.0667. The Labute approximate surface area is 116 Å². The Hall–Kier alpha value is -2.82. The second-order valence-electron chi connectivity index (χ2n) is 4.33. The van der Waals surface area contributed by atoms with Crippen molar-refractivity contribution in [2.45, 2.75) is 0 Å². The molecular weight excluding hydrogens is 252 g/mol. The van der Waals surface area contributed by atoms with E-state index in [0.29, 0.717) is 17.3 Å². The maximum absolute atomic E-state index is 5.93. The summed E-state index contributed by atoms with van der Waals surface area (Å²) in [5, 5.41) is 7.15. The molecule has 0 saturated heterocycles. The third kappa shape index (κ3) is 2.21. The maximum atomic E-state index is 5.93. The van der Waals surface area contributed by atoms with Crippen molar-refractivity contribution in [2.24, 2.45) is 0 Å². The number of aromatic nitrogens is 3. The van der Waals surface area contributed by atoms with Crippen molar-refractivity contribution in [3.8, 4) is 28.5 Å². The molecule has 3 aromatic rings. The Kier molecular flexibility index (Phi) is 3.09. The Morgan fingerprint density at radius 2 is 1.95 bits per heavy atom. The van der Waals surface area contributed by atoms with Crippen LogP contribution >= 0.6 is 0 Å². The first-order chi connectivity index (χ1) is 9.78. The Morgan fingerprint density at radius 1 is 1.10 bits per heavy atom. The highest BCUT2D eigenvalue weighted by Crippen LogP contribution is 2.25. The van der Waals surface area contributed by atoms with E-state index in [0.717, 1.165) is 16.9 Å². The van der Waals surface area contributed by atoms with E-state index in [2.05, 4.69) is 15.2 Å². The number of nitrogens with zero attached hydrogens (tertiary/aromatic N) is 2. The van der Waals surface area contributed by atoms with E-state index >= 15 is 0 Å². The van der Waals surface area contributed by atoms with E-state index in [1.165, 1.54) is 0 Å². The molecule has 20 heavy (non-hydrogen) atoms. The number of para-hydroxylation sites is 1. The van der Waals surface area contributed by atoms with E-state index in [4.69, 9.17) is 10.5 Å².